The van der Waals surface area contributed by atoms with Crippen LogP contribution in [0.3, 0.4) is 0 Å². The van der Waals surface area contributed by atoms with Gasteiger partial charge in [0.15, 0.2) is 23.3 Å². The molecule has 13 heteroatoms. The molecule has 4 aromatic carbocycles. The van der Waals surface area contributed by atoms with Gasteiger partial charge < -0.3 is 23.9 Å². The molecule has 0 aliphatic carbocycles. The molecule has 0 radical (unpaired) electrons. The van der Waals surface area contributed by atoms with Gasteiger partial charge in [0, 0.05) is 26.9 Å². The number of halogens is 2. The zero-order chi connectivity index (χ0) is 36.5. The number of rotatable bonds is 13. The van der Waals surface area contributed by atoms with Crippen molar-refractivity contribution in [3.8, 4) is 17.2 Å². The Labute approximate surface area is 314 Å². The van der Waals surface area contributed by atoms with E-state index < -0.39 is 0 Å². The molecule has 1 saturated heterocycles. The van der Waals surface area contributed by atoms with Crippen LogP contribution in [0.4, 0.5) is 5.69 Å². The van der Waals surface area contributed by atoms with Crippen molar-refractivity contribution in [3.05, 3.63) is 146 Å². The van der Waals surface area contributed by atoms with Crippen LogP contribution in [0.1, 0.15) is 28.0 Å². The molecule has 6 rings (SSSR count). The molecule has 5 aromatic rings. The van der Waals surface area contributed by atoms with E-state index in [9.17, 15) is 9.59 Å². The maximum absolute atomic E-state index is 13.7. The third kappa shape index (κ3) is 9.43. The fourth-order valence-corrected chi connectivity index (χ4v) is 6.34. The van der Waals surface area contributed by atoms with Crippen LogP contribution in [-0.2, 0) is 22.7 Å². The summed E-state index contributed by atoms with van der Waals surface area (Å²) in [7, 11) is 1.54. The predicted molar refractivity (Wildman–Crippen MR) is 205 cm³/mol. The number of thioether (sulfide) groups is 1. The molecular weight excluding hydrogens is 723 g/mol. The van der Waals surface area contributed by atoms with E-state index in [-0.39, 0.29) is 31.6 Å². The summed E-state index contributed by atoms with van der Waals surface area (Å²) >= 11 is 13.5. The van der Waals surface area contributed by atoms with Gasteiger partial charge in [0.05, 0.1) is 31.0 Å². The van der Waals surface area contributed by atoms with Crippen molar-refractivity contribution in [3.63, 3.8) is 0 Å². The Morgan fingerprint density at radius 3 is 2.54 bits per heavy atom. The standard InChI is InChI=1S/C39H32Cl2N4O6S/c1-25-9-14-30(15-10-25)43-37(46)24-51-33-8-4-3-6-27(33)19-36-38(47)45(22-31-7-5-17-49-31)39(52-36)44-42-21-26-11-16-34(35(18-26)48-2)50-23-28-12-13-29(40)20-32(28)41/h3-21H,22-24H2,1-2H3,(H,43,46)/b36-19-,42-21-,44-39+. The van der Waals surface area contributed by atoms with Gasteiger partial charge in [0.1, 0.15) is 18.1 Å². The highest BCUT2D eigenvalue weighted by Gasteiger charge is 2.34. The minimum atomic E-state index is -0.308. The Kier molecular flexibility index (Phi) is 12.0. The van der Waals surface area contributed by atoms with Gasteiger partial charge in [0.25, 0.3) is 11.8 Å². The number of methoxy groups -OCH3 is 1. The molecule has 2 amide bonds. The van der Waals surface area contributed by atoms with Crippen molar-refractivity contribution in [2.24, 2.45) is 10.2 Å². The van der Waals surface area contributed by atoms with E-state index in [1.165, 1.54) is 4.90 Å². The molecule has 1 aliphatic heterocycles. The van der Waals surface area contributed by atoms with Gasteiger partial charge in [-0.15, -0.1) is 5.10 Å². The molecular formula is C39H32Cl2N4O6S. The average Bonchev–Trinajstić information content (AvgIpc) is 3.76. The third-order valence-corrected chi connectivity index (χ3v) is 9.20. The van der Waals surface area contributed by atoms with Crippen LogP contribution in [0.2, 0.25) is 10.0 Å². The van der Waals surface area contributed by atoms with E-state index in [0.717, 1.165) is 22.9 Å². The number of para-hydroxylation sites is 1. The number of amidine groups is 1. The predicted octanol–water partition coefficient (Wildman–Crippen LogP) is 9.01. The smallest absolute Gasteiger partial charge is 0.267 e. The van der Waals surface area contributed by atoms with Crippen molar-refractivity contribution in [2.45, 2.75) is 20.1 Å². The topological polar surface area (TPSA) is 115 Å². The second-order valence-corrected chi connectivity index (χ2v) is 13.2. The van der Waals surface area contributed by atoms with Crippen LogP contribution >= 0.6 is 35.0 Å². The molecule has 0 saturated carbocycles. The average molecular weight is 756 g/mol. The third-order valence-electron chi connectivity index (χ3n) is 7.62. The first-order valence-corrected chi connectivity index (χ1v) is 17.5. The van der Waals surface area contributed by atoms with Gasteiger partial charge in [-0.2, -0.15) is 5.10 Å². The van der Waals surface area contributed by atoms with Crippen molar-refractivity contribution >= 4 is 69.9 Å². The van der Waals surface area contributed by atoms with Crippen molar-refractivity contribution < 1.29 is 28.2 Å². The molecule has 52 heavy (non-hydrogen) atoms. The molecule has 1 aromatic heterocycles. The van der Waals surface area contributed by atoms with E-state index in [1.807, 2.05) is 49.4 Å². The first-order valence-electron chi connectivity index (χ1n) is 15.9. The highest BCUT2D eigenvalue weighted by Crippen LogP contribution is 2.36. The lowest BCUT2D eigenvalue weighted by Crippen LogP contribution is -2.28. The lowest BCUT2D eigenvalue weighted by molar-refractivity contribution is -0.122. The Morgan fingerprint density at radius 2 is 1.77 bits per heavy atom. The quantitative estimate of drug-likeness (QED) is 0.0725. The monoisotopic (exact) mass is 754 g/mol. The van der Waals surface area contributed by atoms with E-state index in [1.54, 1.807) is 80.3 Å². The van der Waals surface area contributed by atoms with Gasteiger partial charge >= 0.3 is 0 Å². The maximum Gasteiger partial charge on any atom is 0.267 e. The molecule has 0 atom stereocenters. The van der Waals surface area contributed by atoms with E-state index in [0.29, 0.717) is 59.9 Å². The van der Waals surface area contributed by atoms with Crippen molar-refractivity contribution in [2.75, 3.05) is 19.0 Å². The number of nitrogens with one attached hydrogen (secondary N) is 1. The minimum absolute atomic E-state index is 0.152. The van der Waals surface area contributed by atoms with Crippen LogP contribution < -0.4 is 19.5 Å². The van der Waals surface area contributed by atoms with Gasteiger partial charge in [-0.25, -0.2) is 0 Å². The van der Waals surface area contributed by atoms with E-state index in [2.05, 4.69) is 15.5 Å². The molecule has 0 bridgehead atoms. The number of benzene rings is 4. The molecule has 10 nitrogen and oxygen atoms in total. The minimum Gasteiger partial charge on any atom is -0.493 e. The number of carbonyl (C=O) groups is 2. The first-order chi connectivity index (χ1) is 25.2. The molecule has 2 heterocycles. The summed E-state index contributed by atoms with van der Waals surface area (Å²) in [6, 6.07) is 28.8. The zero-order valence-corrected chi connectivity index (χ0v) is 30.4. The highest BCUT2D eigenvalue weighted by atomic mass is 35.5. The number of amides is 2. The number of hydrogen-bond acceptors (Lipinski definition) is 9. The van der Waals surface area contributed by atoms with Gasteiger partial charge in [0.2, 0.25) is 0 Å². The Balaban J connectivity index is 1.17. The van der Waals surface area contributed by atoms with Crippen LogP contribution in [0, 0.1) is 6.92 Å². The van der Waals surface area contributed by atoms with Crippen LogP contribution in [0.15, 0.2) is 123 Å². The summed E-state index contributed by atoms with van der Waals surface area (Å²) in [5.74, 6) is 1.44. The van der Waals surface area contributed by atoms with Crippen LogP contribution in [0.25, 0.3) is 6.08 Å². The summed E-state index contributed by atoms with van der Waals surface area (Å²) in [6.07, 6.45) is 4.81. The molecule has 264 valence electrons. The normalized spacial score (nSPS) is 14.4. The van der Waals surface area contributed by atoms with Crippen LogP contribution in [-0.4, -0.2) is 41.8 Å². The Hall–Kier alpha value is -5.49. The summed E-state index contributed by atoms with van der Waals surface area (Å²) in [4.78, 5) is 28.2. The summed E-state index contributed by atoms with van der Waals surface area (Å²) in [5, 5.41) is 12.9. The Bertz CT molecular complexity index is 2150. The number of anilines is 1. The second-order valence-electron chi connectivity index (χ2n) is 11.4. The van der Waals surface area contributed by atoms with Gasteiger partial charge in [-0.05, 0) is 91.0 Å². The lowest BCUT2D eigenvalue weighted by atomic mass is 10.2. The SMILES string of the molecule is COc1cc(/C=N\N=C2\S/C(=C\c3ccccc3OCC(=O)Nc3ccc(C)cc3)C(=O)N2Cc2ccco2)ccc1OCc1ccc(Cl)cc1Cl. The zero-order valence-electron chi connectivity index (χ0n) is 28.0. The number of carbonyl (C=O) groups excluding carboxylic acids is 2. The second kappa shape index (κ2) is 17.1. The fourth-order valence-electron chi connectivity index (χ4n) is 4.95. The molecule has 1 fully saturated rings. The molecule has 0 unspecified atom stereocenters. The number of hydrogen-bond donors (Lipinski definition) is 1. The van der Waals surface area contributed by atoms with Crippen molar-refractivity contribution in [1.29, 1.82) is 0 Å². The van der Waals surface area contributed by atoms with E-state index in [4.69, 9.17) is 41.8 Å². The first kappa shape index (κ1) is 36.3. The summed E-state index contributed by atoms with van der Waals surface area (Å²) in [5.41, 5.74) is 3.86. The molecule has 1 aliphatic rings. The summed E-state index contributed by atoms with van der Waals surface area (Å²) < 4.78 is 22.9. The highest BCUT2D eigenvalue weighted by molar-refractivity contribution is 8.18. The fraction of sp³-hybridized carbons (Fsp3) is 0.128. The lowest BCUT2D eigenvalue weighted by Gasteiger charge is -2.13. The Morgan fingerprint density at radius 1 is 0.942 bits per heavy atom. The largest absolute Gasteiger partial charge is 0.493 e. The molecule has 0 spiro atoms. The number of furan rings is 1. The van der Waals surface area contributed by atoms with Gasteiger partial charge in [-0.3, -0.25) is 14.5 Å². The summed E-state index contributed by atoms with van der Waals surface area (Å²) in [6.45, 7) is 2.14. The van der Waals surface area contributed by atoms with E-state index >= 15 is 0 Å². The molecule has 1 N–H and O–H groups in total. The van der Waals surface area contributed by atoms with Gasteiger partial charge in [-0.1, -0.05) is 65.2 Å². The number of ether oxygens (including phenoxy) is 3. The maximum atomic E-state index is 13.7. The number of aryl methyl sites for hydroxylation is 1. The number of nitrogens with zero attached hydrogens (tertiary/aromatic N) is 3. The van der Waals surface area contributed by atoms with Crippen molar-refractivity contribution in [1.82, 2.24) is 4.90 Å². The van der Waals surface area contributed by atoms with Crippen LogP contribution in [0.5, 0.6) is 17.2 Å².